The molecule has 0 amide bonds. The molecule has 1 saturated carbocycles. The maximum absolute atomic E-state index is 11.3. The minimum atomic E-state index is -0.806. The fraction of sp³-hybridized carbons (Fsp3) is 0.429. The normalized spacial score (nSPS) is 34.7. The molecule has 0 aliphatic heterocycles. The number of hydrogen-bond acceptors (Lipinski definition) is 2. The lowest BCUT2D eigenvalue weighted by atomic mass is 9.52. The molecule has 0 heterocycles. The van der Waals surface area contributed by atoms with Gasteiger partial charge in [-0.25, -0.2) is 0 Å². The smallest absolute Gasteiger partial charge is 0.0698 e. The molecule has 4 rings (SSSR count). The van der Waals surface area contributed by atoms with Gasteiger partial charge in [0.2, 0.25) is 0 Å². The Bertz CT molecular complexity index is 756. The maximum Gasteiger partial charge on any atom is 0.0698 e. The van der Waals surface area contributed by atoms with Gasteiger partial charge < -0.3 is 10.2 Å². The fourth-order valence-corrected chi connectivity index (χ4v) is 5.27. The molecule has 126 valence electrons. The van der Waals surface area contributed by atoms with E-state index in [0.29, 0.717) is 0 Å². The monoisotopic (exact) mass is 386 g/mol. The summed E-state index contributed by atoms with van der Waals surface area (Å²) in [6.07, 6.45) is 2.57. The molecular weight excluding hydrogens is 364 g/mol. The predicted octanol–water partition coefficient (Wildman–Crippen LogP) is 4.01. The lowest BCUT2D eigenvalue weighted by molar-refractivity contribution is -0.134. The molecule has 1 fully saturated rings. The summed E-state index contributed by atoms with van der Waals surface area (Å²) in [5.41, 5.74) is 2.65. The zero-order chi connectivity index (χ0) is 16.9. The van der Waals surface area contributed by atoms with Gasteiger partial charge in [0.15, 0.2) is 0 Å². The molecule has 2 aliphatic rings. The highest BCUT2D eigenvalue weighted by molar-refractivity contribution is 9.10. The van der Waals surface area contributed by atoms with E-state index in [9.17, 15) is 10.2 Å². The maximum atomic E-state index is 11.3. The Morgan fingerprint density at radius 1 is 1.12 bits per heavy atom. The lowest BCUT2D eigenvalue weighted by Gasteiger charge is -2.56. The third-order valence-corrected chi connectivity index (χ3v) is 6.72. The molecule has 4 atom stereocenters. The van der Waals surface area contributed by atoms with Crippen LogP contribution in [0.15, 0.2) is 53.0 Å². The Labute approximate surface area is 151 Å². The fourth-order valence-electron chi connectivity index (χ4n) is 4.86. The van der Waals surface area contributed by atoms with Crippen LogP contribution in [0, 0.1) is 5.92 Å². The number of rotatable bonds is 2. The standard InChI is InChI=1S/C21H23BrO2/c1-20(24)9-10-21(13-14-5-3-2-4-6-14)17-8-7-16(22)11-15(17)12-18(20)19(21)23/h2-8,11,18-19,23-24H,9-10,12-13H2,1H3/t18?,19?,20-,21-/m1/s1. The number of benzene rings is 2. The van der Waals surface area contributed by atoms with E-state index >= 15 is 0 Å². The van der Waals surface area contributed by atoms with E-state index in [1.807, 2.05) is 13.0 Å². The van der Waals surface area contributed by atoms with Gasteiger partial charge in [0.05, 0.1) is 11.7 Å². The van der Waals surface area contributed by atoms with Crippen molar-refractivity contribution in [2.24, 2.45) is 5.92 Å². The van der Waals surface area contributed by atoms with E-state index < -0.39 is 11.7 Å². The molecule has 2 aromatic carbocycles. The van der Waals surface area contributed by atoms with E-state index in [0.717, 1.165) is 30.2 Å². The summed E-state index contributed by atoms with van der Waals surface area (Å²) in [4.78, 5) is 0. The summed E-state index contributed by atoms with van der Waals surface area (Å²) >= 11 is 3.57. The van der Waals surface area contributed by atoms with Crippen LogP contribution in [0.4, 0.5) is 0 Å². The van der Waals surface area contributed by atoms with Crippen LogP contribution in [0.5, 0.6) is 0 Å². The summed E-state index contributed by atoms with van der Waals surface area (Å²) in [5, 5.41) is 22.1. The lowest BCUT2D eigenvalue weighted by Crippen LogP contribution is -2.61. The van der Waals surface area contributed by atoms with Gasteiger partial charge in [-0.2, -0.15) is 0 Å². The molecule has 0 spiro atoms. The average molecular weight is 387 g/mol. The first-order valence-corrected chi connectivity index (χ1v) is 9.45. The van der Waals surface area contributed by atoms with Gasteiger partial charge in [-0.15, -0.1) is 0 Å². The first-order valence-electron chi connectivity index (χ1n) is 8.66. The van der Waals surface area contributed by atoms with Crippen LogP contribution < -0.4 is 0 Å². The number of aliphatic hydroxyl groups excluding tert-OH is 1. The topological polar surface area (TPSA) is 40.5 Å². The molecule has 0 saturated heterocycles. The Balaban J connectivity index is 1.86. The molecule has 2 nitrogen and oxygen atoms in total. The van der Waals surface area contributed by atoms with E-state index in [-0.39, 0.29) is 11.3 Å². The van der Waals surface area contributed by atoms with Crippen LogP contribution in [0.2, 0.25) is 0 Å². The number of halogens is 1. The van der Waals surface area contributed by atoms with Crippen LogP contribution in [0.3, 0.4) is 0 Å². The second kappa shape index (κ2) is 5.69. The summed E-state index contributed by atoms with van der Waals surface area (Å²) in [6.45, 7) is 1.89. The van der Waals surface area contributed by atoms with Crippen molar-refractivity contribution in [1.29, 1.82) is 0 Å². The largest absolute Gasteiger partial charge is 0.392 e. The van der Waals surface area contributed by atoms with Crippen molar-refractivity contribution in [2.45, 2.75) is 49.7 Å². The van der Waals surface area contributed by atoms with Crippen LogP contribution in [0.1, 0.15) is 36.5 Å². The van der Waals surface area contributed by atoms with Crippen molar-refractivity contribution in [2.75, 3.05) is 0 Å². The minimum absolute atomic E-state index is 0.114. The van der Waals surface area contributed by atoms with Crippen LogP contribution in [-0.4, -0.2) is 21.9 Å². The van der Waals surface area contributed by atoms with Crippen molar-refractivity contribution in [3.05, 3.63) is 69.7 Å². The first kappa shape index (κ1) is 16.3. The Morgan fingerprint density at radius 2 is 1.88 bits per heavy atom. The minimum Gasteiger partial charge on any atom is -0.392 e. The molecule has 2 N–H and O–H groups in total. The summed E-state index contributed by atoms with van der Waals surface area (Å²) < 4.78 is 1.06. The Hall–Kier alpha value is -1.16. The van der Waals surface area contributed by atoms with E-state index in [4.69, 9.17) is 0 Å². The quantitative estimate of drug-likeness (QED) is 0.818. The van der Waals surface area contributed by atoms with Gasteiger partial charge in [0.1, 0.15) is 0 Å². The highest BCUT2D eigenvalue weighted by Gasteiger charge is 2.56. The predicted molar refractivity (Wildman–Crippen MR) is 99.0 cm³/mol. The molecule has 2 unspecified atom stereocenters. The summed E-state index contributed by atoms with van der Waals surface area (Å²) in [6, 6.07) is 16.8. The third-order valence-electron chi connectivity index (χ3n) is 6.23. The molecule has 3 heteroatoms. The summed E-state index contributed by atoms with van der Waals surface area (Å²) in [7, 11) is 0. The van der Waals surface area contributed by atoms with Gasteiger partial charge in [0.25, 0.3) is 0 Å². The molecule has 0 radical (unpaired) electrons. The SMILES string of the molecule is C[C@@]1(O)CC[C@@]2(Cc3ccccc3)c3ccc(Br)cc3CC1C2O. The van der Waals surface area contributed by atoms with Gasteiger partial charge in [-0.3, -0.25) is 0 Å². The van der Waals surface area contributed by atoms with Gasteiger partial charge in [0, 0.05) is 15.8 Å². The zero-order valence-electron chi connectivity index (χ0n) is 13.9. The third kappa shape index (κ3) is 2.45. The van der Waals surface area contributed by atoms with E-state index in [1.54, 1.807) is 0 Å². The van der Waals surface area contributed by atoms with Crippen molar-refractivity contribution in [3.8, 4) is 0 Å². The van der Waals surface area contributed by atoms with E-state index in [2.05, 4.69) is 58.4 Å². The van der Waals surface area contributed by atoms with Crippen molar-refractivity contribution in [1.82, 2.24) is 0 Å². The van der Waals surface area contributed by atoms with Crippen molar-refractivity contribution < 1.29 is 10.2 Å². The molecule has 0 aromatic heterocycles. The number of aliphatic hydroxyl groups is 2. The molecule has 2 aromatic rings. The van der Waals surface area contributed by atoms with Gasteiger partial charge >= 0.3 is 0 Å². The van der Waals surface area contributed by atoms with Crippen LogP contribution in [-0.2, 0) is 18.3 Å². The molecule has 24 heavy (non-hydrogen) atoms. The number of fused-ring (bicyclic) bond motifs is 4. The van der Waals surface area contributed by atoms with Gasteiger partial charge in [-0.05, 0) is 61.4 Å². The van der Waals surface area contributed by atoms with Crippen molar-refractivity contribution >= 4 is 15.9 Å². The van der Waals surface area contributed by atoms with Gasteiger partial charge in [-0.1, -0.05) is 52.3 Å². The Morgan fingerprint density at radius 3 is 2.62 bits per heavy atom. The number of hydrogen-bond donors (Lipinski definition) is 2. The van der Waals surface area contributed by atoms with Crippen LogP contribution >= 0.6 is 15.9 Å². The molecule has 2 bridgehead atoms. The zero-order valence-corrected chi connectivity index (χ0v) is 15.5. The Kier molecular flexibility index (Phi) is 3.87. The second-order valence-electron chi connectivity index (χ2n) is 7.73. The first-order chi connectivity index (χ1) is 11.4. The second-order valence-corrected chi connectivity index (χ2v) is 8.65. The van der Waals surface area contributed by atoms with E-state index in [1.165, 1.54) is 16.7 Å². The average Bonchev–Trinajstić information content (AvgIpc) is 2.55. The summed E-state index contributed by atoms with van der Waals surface area (Å²) in [5.74, 6) is -0.114. The molecule has 2 aliphatic carbocycles. The highest BCUT2D eigenvalue weighted by Crippen LogP contribution is 2.53. The highest BCUT2D eigenvalue weighted by atomic mass is 79.9. The molecular formula is C21H23BrO2. The van der Waals surface area contributed by atoms with Crippen LogP contribution in [0.25, 0.3) is 0 Å². The van der Waals surface area contributed by atoms with Crippen molar-refractivity contribution in [3.63, 3.8) is 0 Å².